The smallest absolute Gasteiger partial charge is 0.265 e. The first-order valence-corrected chi connectivity index (χ1v) is 24.0. The van der Waals surface area contributed by atoms with E-state index in [2.05, 4.69) is 127 Å². The van der Waals surface area contributed by atoms with Gasteiger partial charge in [0.05, 0.1) is 32.8 Å². The molecule has 14 heteroatoms. The number of rotatable bonds is 0. The Kier molecular flexibility index (Phi) is 7.28. The van der Waals surface area contributed by atoms with Crippen molar-refractivity contribution in [2.75, 3.05) is 0 Å². The van der Waals surface area contributed by atoms with Crippen molar-refractivity contribution in [3.63, 3.8) is 0 Å². The first-order chi connectivity index (χ1) is 28.0. The molecule has 0 saturated carbocycles. The van der Waals surface area contributed by atoms with Crippen LogP contribution >= 0.6 is 127 Å². The number of hydrogen-bond acceptors (Lipinski definition) is 4. The maximum Gasteiger partial charge on any atom is 0.265 e. The van der Waals surface area contributed by atoms with Crippen LogP contribution in [0.4, 0.5) is 0 Å². The largest absolute Gasteiger partial charge is 0.268 e. The van der Waals surface area contributed by atoms with Crippen LogP contribution in [0.1, 0.15) is 0 Å². The predicted octanol–water partition coefficient (Wildman–Crippen LogP) is 15.6. The molecule has 13 rings (SSSR count). The predicted molar refractivity (Wildman–Crippen MR) is 267 cm³/mol. The van der Waals surface area contributed by atoms with Gasteiger partial charge in [0.25, 0.3) is 11.1 Å². The van der Waals surface area contributed by atoms with Crippen molar-refractivity contribution < 1.29 is 0 Å². The lowest BCUT2D eigenvalue weighted by molar-refractivity contribution is 1.14. The molecule has 0 fully saturated rings. The Morgan fingerprint density at radius 1 is 0.328 bits per heavy atom. The molecule has 0 aliphatic heterocycles. The molecule has 4 heterocycles. The minimum atomic E-state index is -0.194. The van der Waals surface area contributed by atoms with Crippen LogP contribution in [-0.2, 0) is 0 Å². The molecule has 0 saturated heterocycles. The minimum absolute atomic E-state index is 0.194. The van der Waals surface area contributed by atoms with Crippen LogP contribution in [0.2, 0.25) is 0 Å². The fourth-order valence-electron chi connectivity index (χ4n) is 9.71. The normalized spacial score (nSPS) is 13.0. The van der Waals surface area contributed by atoms with Crippen molar-refractivity contribution in [3.05, 3.63) is 129 Å². The number of halogens is 8. The topological polar surface area (TPSA) is 68.7 Å². The quantitative estimate of drug-likeness (QED) is 0.112. The van der Waals surface area contributed by atoms with Crippen LogP contribution < -0.4 is 11.1 Å². The number of benzene rings is 9. The monoisotopic (exact) mass is 1260 g/mol. The number of fused-ring (bicyclic) bond motifs is 8. The zero-order valence-corrected chi connectivity index (χ0v) is 41.2. The summed E-state index contributed by atoms with van der Waals surface area (Å²) in [5, 5.41) is 13.1. The van der Waals surface area contributed by atoms with Gasteiger partial charge >= 0.3 is 0 Å². The molecule has 0 N–H and O–H groups in total. The third-order valence-corrected chi connectivity index (χ3v) is 20.4. The van der Waals surface area contributed by atoms with E-state index in [1.807, 2.05) is 72.8 Å². The molecular weight excluding hydrogens is 1260 g/mol. The third-order valence-electron chi connectivity index (χ3n) is 11.9. The Hall–Kier alpha value is -3.08. The molecule has 0 amide bonds. The van der Waals surface area contributed by atoms with Gasteiger partial charge in [-0.2, -0.15) is 0 Å². The van der Waals surface area contributed by atoms with Crippen molar-refractivity contribution in [1.82, 2.24) is 18.8 Å². The van der Waals surface area contributed by atoms with E-state index in [9.17, 15) is 0 Å². The third kappa shape index (κ3) is 4.00. The van der Waals surface area contributed by atoms with Crippen molar-refractivity contribution in [2.24, 2.45) is 0 Å². The lowest BCUT2D eigenvalue weighted by Crippen LogP contribution is -2.18. The first kappa shape index (κ1) is 35.7. The van der Waals surface area contributed by atoms with Crippen LogP contribution in [0, 0.1) is 0 Å². The second-order valence-electron chi connectivity index (χ2n) is 14.5. The van der Waals surface area contributed by atoms with Crippen LogP contribution in [0.3, 0.4) is 0 Å². The van der Waals surface area contributed by atoms with E-state index in [1.165, 1.54) is 0 Å². The van der Waals surface area contributed by atoms with Gasteiger partial charge in [-0.3, -0.25) is 18.4 Å². The summed E-state index contributed by atoms with van der Waals surface area (Å²) in [4.78, 5) is 40.9. The summed E-state index contributed by atoms with van der Waals surface area (Å²) in [7, 11) is 0. The van der Waals surface area contributed by atoms with Gasteiger partial charge in [-0.1, -0.05) is 48.5 Å². The molecule has 0 bridgehead atoms. The van der Waals surface area contributed by atoms with Crippen molar-refractivity contribution in [1.29, 1.82) is 0 Å². The highest BCUT2D eigenvalue weighted by molar-refractivity contribution is 9.14. The highest BCUT2D eigenvalue weighted by Crippen LogP contribution is 2.59. The molecule has 0 aliphatic carbocycles. The second-order valence-corrected chi connectivity index (χ2v) is 20.8. The molecule has 4 aromatic heterocycles. The van der Waals surface area contributed by atoms with Gasteiger partial charge in [0.2, 0.25) is 0 Å². The number of aromatic nitrogens is 4. The molecule has 0 aliphatic rings. The summed E-state index contributed by atoms with van der Waals surface area (Å²) in [6, 6.07) is 24.1. The van der Waals surface area contributed by atoms with Gasteiger partial charge in [0.1, 0.15) is 11.3 Å². The first-order valence-electron chi connectivity index (χ1n) is 17.6. The summed E-state index contributed by atoms with van der Waals surface area (Å²) >= 11 is 32.3. The van der Waals surface area contributed by atoms with E-state index >= 15 is 9.59 Å². The Morgan fingerprint density at radius 3 is 0.983 bits per heavy atom. The summed E-state index contributed by atoms with van der Waals surface area (Å²) < 4.78 is 9.16. The Balaban J connectivity index is 1.38. The average Bonchev–Trinajstić information content (AvgIpc) is 3.22. The molecule has 9 aromatic carbocycles. The fourth-order valence-corrected chi connectivity index (χ4v) is 14.4. The number of nitrogens with zero attached hydrogens (tertiary/aromatic N) is 4. The van der Waals surface area contributed by atoms with Crippen molar-refractivity contribution in [3.8, 4) is 0 Å². The van der Waals surface area contributed by atoms with Crippen molar-refractivity contribution in [2.45, 2.75) is 0 Å². The SMILES string of the molecule is O=c1c2c(Br)c(Br)c3c4c(Br)c(Br)c5c(=O)n6c7cccc8cccc(nc6c6c(Br)c(Br)c(c9c(Br)c(Br)c(c2c39)c2nc3cccc9cccc(c93)n12)c4c56)c87. The number of pyridine rings is 2. The van der Waals surface area contributed by atoms with Gasteiger partial charge in [0.15, 0.2) is 0 Å². The highest BCUT2D eigenvalue weighted by atomic mass is 79.9. The van der Waals surface area contributed by atoms with Crippen LogP contribution in [-0.4, -0.2) is 18.8 Å². The van der Waals surface area contributed by atoms with E-state index in [4.69, 9.17) is 9.97 Å². The lowest BCUT2D eigenvalue weighted by atomic mass is 9.86. The molecule has 6 nitrogen and oxygen atoms in total. The minimum Gasteiger partial charge on any atom is -0.268 e. The summed E-state index contributed by atoms with van der Waals surface area (Å²) in [6.45, 7) is 0. The molecule has 0 unspecified atom stereocenters. The van der Waals surface area contributed by atoms with Crippen LogP contribution in [0.15, 0.2) is 118 Å². The molecule has 0 spiro atoms. The fraction of sp³-hybridized carbons (Fsp3) is 0. The molecule has 0 radical (unpaired) electrons. The molecule has 58 heavy (non-hydrogen) atoms. The summed E-state index contributed by atoms with van der Waals surface area (Å²) in [5.41, 5.74) is 3.84. The van der Waals surface area contributed by atoms with Gasteiger partial charge in [-0.05, 0) is 162 Å². The Morgan fingerprint density at radius 2 is 0.621 bits per heavy atom. The van der Waals surface area contributed by atoms with Crippen molar-refractivity contribution >= 4 is 247 Å². The standard InChI is InChI=1S/C44H12Br8N4O2/c45-33-25-21-23-29(37(33)49)41-53-15-9-1-5-13-7-3-11-17(19(13)15)55(41)43(57)31(23)39(51)35(47)27(21)28-22-24-30(38(50)34(46)26(22)25)42-54-16-10-2-6-14-8-4-12-18(20(14)16)56(42)44(58)32(24)40(52)36(28)48/h1-12H. The van der Waals surface area contributed by atoms with Crippen LogP contribution in [0.25, 0.3) is 120 Å². The maximum absolute atomic E-state index is 15.2. The molecular formula is C44H12Br8N4O2. The van der Waals surface area contributed by atoms with E-state index in [0.717, 1.165) is 115 Å². The second kappa shape index (κ2) is 11.8. The summed E-state index contributed by atoms with van der Waals surface area (Å²) in [6.07, 6.45) is 0. The number of hydrogen-bond donors (Lipinski definition) is 0. The molecule has 13 aromatic rings. The molecule has 276 valence electrons. The lowest BCUT2D eigenvalue weighted by Gasteiger charge is -2.25. The Labute approximate surface area is 390 Å². The zero-order chi connectivity index (χ0) is 39.5. The van der Waals surface area contributed by atoms with Gasteiger partial charge in [-0.25, -0.2) is 9.97 Å². The van der Waals surface area contributed by atoms with Gasteiger partial charge in [-0.15, -0.1) is 0 Å². The van der Waals surface area contributed by atoms with E-state index in [0.29, 0.717) is 40.0 Å². The molecule has 0 atom stereocenters. The van der Waals surface area contributed by atoms with Crippen LogP contribution in [0.5, 0.6) is 0 Å². The van der Waals surface area contributed by atoms with E-state index in [1.54, 1.807) is 8.80 Å². The maximum atomic E-state index is 15.2. The van der Waals surface area contributed by atoms with Gasteiger partial charge < -0.3 is 0 Å². The van der Waals surface area contributed by atoms with E-state index < -0.39 is 0 Å². The zero-order valence-electron chi connectivity index (χ0n) is 28.6. The highest BCUT2D eigenvalue weighted by Gasteiger charge is 2.33. The summed E-state index contributed by atoms with van der Waals surface area (Å²) in [5.74, 6) is 0. The Bertz CT molecular complexity index is 3990. The van der Waals surface area contributed by atoms with Gasteiger partial charge in [0, 0.05) is 100 Å². The average molecular weight is 1270 g/mol. The van der Waals surface area contributed by atoms with E-state index in [-0.39, 0.29) is 11.1 Å².